The van der Waals surface area contributed by atoms with Gasteiger partial charge in [-0.15, -0.1) is 0 Å². The fourth-order valence-electron chi connectivity index (χ4n) is 1.94. The molecule has 104 valence electrons. The van der Waals surface area contributed by atoms with Gasteiger partial charge < -0.3 is 10.4 Å². The first-order chi connectivity index (χ1) is 8.17. The molecule has 18 heavy (non-hydrogen) atoms. The van der Waals surface area contributed by atoms with Crippen molar-refractivity contribution in [3.05, 3.63) is 16.4 Å². The molecule has 0 fully saturated rings. The van der Waals surface area contributed by atoms with Crippen molar-refractivity contribution in [2.45, 2.75) is 58.7 Å². The average molecular weight is 318 g/mol. The van der Waals surface area contributed by atoms with Crippen LogP contribution in [0.3, 0.4) is 0 Å². The van der Waals surface area contributed by atoms with Crippen LogP contribution in [0.4, 0.5) is 0 Å². The highest BCUT2D eigenvalue weighted by Gasteiger charge is 2.29. The third-order valence-electron chi connectivity index (χ3n) is 2.87. The first-order valence-corrected chi connectivity index (χ1v) is 7.16. The van der Waals surface area contributed by atoms with E-state index in [1.165, 1.54) is 0 Å². The third kappa shape index (κ3) is 4.07. The van der Waals surface area contributed by atoms with Crippen molar-refractivity contribution < 1.29 is 5.11 Å². The SMILES string of the molecule is CCn1ncc(Br)c1C(C)(O)CCNC(C)(C)C. The fourth-order valence-corrected chi connectivity index (χ4v) is 2.66. The second-order valence-corrected chi connectivity index (χ2v) is 6.71. The Morgan fingerprint density at radius 2 is 2.00 bits per heavy atom. The van der Waals surface area contributed by atoms with Crippen molar-refractivity contribution in [1.82, 2.24) is 15.1 Å². The number of hydrogen-bond donors (Lipinski definition) is 2. The number of aromatic nitrogens is 2. The quantitative estimate of drug-likeness (QED) is 0.877. The molecule has 1 atom stereocenters. The minimum Gasteiger partial charge on any atom is -0.384 e. The Morgan fingerprint density at radius 1 is 1.39 bits per heavy atom. The number of nitrogens with zero attached hydrogens (tertiary/aromatic N) is 2. The fraction of sp³-hybridized carbons (Fsp3) is 0.769. The monoisotopic (exact) mass is 317 g/mol. The molecular weight excluding hydrogens is 294 g/mol. The van der Waals surface area contributed by atoms with E-state index in [-0.39, 0.29) is 5.54 Å². The summed E-state index contributed by atoms with van der Waals surface area (Å²) in [6, 6.07) is 0. The smallest absolute Gasteiger partial charge is 0.106 e. The molecule has 2 N–H and O–H groups in total. The van der Waals surface area contributed by atoms with Crippen LogP contribution in [0.25, 0.3) is 0 Å². The summed E-state index contributed by atoms with van der Waals surface area (Å²) in [6.07, 6.45) is 2.39. The summed E-state index contributed by atoms with van der Waals surface area (Å²) < 4.78 is 2.70. The molecule has 5 heteroatoms. The zero-order chi connectivity index (χ0) is 14.0. The number of nitrogens with one attached hydrogen (secondary N) is 1. The van der Waals surface area contributed by atoms with Crippen molar-refractivity contribution in [2.75, 3.05) is 6.54 Å². The van der Waals surface area contributed by atoms with E-state index in [9.17, 15) is 5.11 Å². The van der Waals surface area contributed by atoms with Crippen LogP contribution in [0, 0.1) is 0 Å². The predicted octanol–water partition coefficient (Wildman–Crippen LogP) is 2.65. The molecule has 1 rings (SSSR count). The van der Waals surface area contributed by atoms with E-state index >= 15 is 0 Å². The molecule has 0 spiro atoms. The molecule has 0 saturated carbocycles. The highest BCUT2D eigenvalue weighted by atomic mass is 79.9. The topological polar surface area (TPSA) is 50.1 Å². The van der Waals surface area contributed by atoms with Crippen LogP contribution < -0.4 is 5.32 Å². The van der Waals surface area contributed by atoms with E-state index in [0.717, 1.165) is 23.3 Å². The Labute approximate surface area is 118 Å². The van der Waals surface area contributed by atoms with Crippen LogP contribution >= 0.6 is 15.9 Å². The minimum absolute atomic E-state index is 0.0678. The molecule has 0 saturated heterocycles. The lowest BCUT2D eigenvalue weighted by atomic mass is 9.97. The van der Waals surface area contributed by atoms with E-state index in [0.29, 0.717) is 6.42 Å². The van der Waals surface area contributed by atoms with Crippen molar-refractivity contribution in [3.63, 3.8) is 0 Å². The standard InChI is InChI=1S/C13H24BrN3O/c1-6-17-11(10(14)9-16-17)13(5,18)7-8-15-12(2,3)4/h9,15,18H,6-8H2,1-5H3. The van der Waals surface area contributed by atoms with Crippen LogP contribution in [0.5, 0.6) is 0 Å². The number of rotatable bonds is 5. The van der Waals surface area contributed by atoms with Gasteiger partial charge in [0.05, 0.1) is 16.4 Å². The molecule has 0 aliphatic carbocycles. The van der Waals surface area contributed by atoms with Crippen molar-refractivity contribution in [2.24, 2.45) is 0 Å². The molecule has 0 aliphatic heterocycles. The van der Waals surface area contributed by atoms with Gasteiger partial charge >= 0.3 is 0 Å². The van der Waals surface area contributed by atoms with E-state index in [2.05, 4.69) is 47.1 Å². The first kappa shape index (κ1) is 15.7. The average Bonchev–Trinajstić information content (AvgIpc) is 2.57. The number of hydrogen-bond acceptors (Lipinski definition) is 3. The normalized spacial score (nSPS) is 15.7. The lowest BCUT2D eigenvalue weighted by molar-refractivity contribution is 0.0365. The Bertz CT molecular complexity index is 393. The zero-order valence-electron chi connectivity index (χ0n) is 11.9. The summed E-state index contributed by atoms with van der Waals surface area (Å²) >= 11 is 3.46. The second-order valence-electron chi connectivity index (χ2n) is 5.86. The molecule has 4 nitrogen and oxygen atoms in total. The number of halogens is 1. The van der Waals surface area contributed by atoms with Crippen LogP contribution in [-0.4, -0.2) is 27.0 Å². The largest absolute Gasteiger partial charge is 0.384 e. The molecule has 0 aliphatic rings. The lowest BCUT2D eigenvalue weighted by Gasteiger charge is -2.28. The number of aliphatic hydroxyl groups is 1. The van der Waals surface area contributed by atoms with Crippen molar-refractivity contribution in [3.8, 4) is 0 Å². The van der Waals surface area contributed by atoms with Crippen LogP contribution in [-0.2, 0) is 12.1 Å². The summed E-state index contributed by atoms with van der Waals surface area (Å²) in [7, 11) is 0. The van der Waals surface area contributed by atoms with Crippen molar-refractivity contribution >= 4 is 15.9 Å². The van der Waals surface area contributed by atoms with Gasteiger partial charge in [0.15, 0.2) is 0 Å². The zero-order valence-corrected chi connectivity index (χ0v) is 13.5. The molecule has 1 aromatic rings. The number of aryl methyl sites for hydroxylation is 1. The third-order valence-corrected chi connectivity index (χ3v) is 3.45. The van der Waals surface area contributed by atoms with Crippen molar-refractivity contribution in [1.29, 1.82) is 0 Å². The van der Waals surface area contributed by atoms with E-state index in [1.54, 1.807) is 6.20 Å². The molecule has 1 unspecified atom stereocenters. The maximum Gasteiger partial charge on any atom is 0.106 e. The van der Waals surface area contributed by atoms with Gasteiger partial charge in [0, 0.05) is 12.1 Å². The summed E-state index contributed by atoms with van der Waals surface area (Å²) in [5, 5.41) is 18.3. The minimum atomic E-state index is -0.885. The van der Waals surface area contributed by atoms with Gasteiger partial charge in [-0.1, -0.05) is 0 Å². The molecule has 0 amide bonds. The molecule has 0 bridgehead atoms. The second kappa shape index (κ2) is 5.72. The predicted molar refractivity (Wildman–Crippen MR) is 77.5 cm³/mol. The summed E-state index contributed by atoms with van der Waals surface area (Å²) in [4.78, 5) is 0. The molecule has 0 radical (unpaired) electrons. The molecule has 0 aromatic carbocycles. The van der Waals surface area contributed by atoms with Gasteiger partial charge in [0.2, 0.25) is 0 Å². The first-order valence-electron chi connectivity index (χ1n) is 6.36. The van der Waals surface area contributed by atoms with Gasteiger partial charge in [0.1, 0.15) is 5.60 Å². The van der Waals surface area contributed by atoms with E-state index < -0.39 is 5.60 Å². The Morgan fingerprint density at radius 3 is 2.50 bits per heavy atom. The maximum atomic E-state index is 10.6. The molecular formula is C13H24BrN3O. The van der Waals surface area contributed by atoms with E-state index in [4.69, 9.17) is 0 Å². The van der Waals surface area contributed by atoms with Gasteiger partial charge in [-0.3, -0.25) is 4.68 Å². The summed E-state index contributed by atoms with van der Waals surface area (Å²) in [5.74, 6) is 0. The summed E-state index contributed by atoms with van der Waals surface area (Å²) in [5.41, 5.74) is 0.0303. The Balaban J connectivity index is 2.76. The highest BCUT2D eigenvalue weighted by molar-refractivity contribution is 9.10. The lowest BCUT2D eigenvalue weighted by Crippen LogP contribution is -2.39. The van der Waals surface area contributed by atoms with Gasteiger partial charge in [-0.25, -0.2) is 0 Å². The van der Waals surface area contributed by atoms with Gasteiger partial charge in [0.25, 0.3) is 0 Å². The Hall–Kier alpha value is -0.390. The van der Waals surface area contributed by atoms with E-state index in [1.807, 2.05) is 18.5 Å². The highest BCUT2D eigenvalue weighted by Crippen LogP contribution is 2.30. The molecule has 1 aromatic heterocycles. The molecule has 1 heterocycles. The Kier molecular flexibility index (Phi) is 4.98. The van der Waals surface area contributed by atoms with Gasteiger partial charge in [-0.05, 0) is 63.5 Å². The van der Waals surface area contributed by atoms with Crippen LogP contribution in [0.1, 0.15) is 46.7 Å². The van der Waals surface area contributed by atoms with Gasteiger partial charge in [-0.2, -0.15) is 5.10 Å². The van der Waals surface area contributed by atoms with Crippen LogP contribution in [0.2, 0.25) is 0 Å². The maximum absolute atomic E-state index is 10.6. The summed E-state index contributed by atoms with van der Waals surface area (Å²) in [6.45, 7) is 11.7. The van der Waals surface area contributed by atoms with Crippen LogP contribution in [0.15, 0.2) is 10.7 Å².